The predicted octanol–water partition coefficient (Wildman–Crippen LogP) is 7.71. The molecule has 0 saturated heterocycles. The van der Waals surface area contributed by atoms with Crippen LogP contribution >= 0.6 is 0 Å². The summed E-state index contributed by atoms with van der Waals surface area (Å²) in [7, 11) is 0. The van der Waals surface area contributed by atoms with E-state index in [4.69, 9.17) is 9.72 Å². The average molecular weight is 536 g/mol. The first kappa shape index (κ1) is 27.6. The Morgan fingerprint density at radius 3 is 1.98 bits per heavy atom. The molecule has 1 aromatic heterocycles. The fourth-order valence-corrected chi connectivity index (χ4v) is 5.46. The summed E-state index contributed by atoms with van der Waals surface area (Å²) in [6.07, 6.45) is 1.59. The molecular weight excluding hydrogens is 498 g/mol. The molecule has 1 N–H and O–H groups in total. The van der Waals surface area contributed by atoms with Gasteiger partial charge in [-0.05, 0) is 52.5 Å². The quantitative estimate of drug-likeness (QED) is 0.202. The van der Waals surface area contributed by atoms with E-state index in [0.29, 0.717) is 40.4 Å². The first-order valence-electron chi connectivity index (χ1n) is 13.9. The Kier molecular flexibility index (Phi) is 7.03. The molecule has 40 heavy (non-hydrogen) atoms. The van der Waals surface area contributed by atoms with Crippen molar-refractivity contribution >= 4 is 22.5 Å². The number of para-hydroxylation sites is 1. The molecule has 1 aliphatic rings. The highest BCUT2D eigenvalue weighted by Crippen LogP contribution is 2.40. The number of phenols is 1. The van der Waals surface area contributed by atoms with Crippen molar-refractivity contribution in [3.8, 4) is 11.5 Å². The van der Waals surface area contributed by atoms with Gasteiger partial charge in [-0.15, -0.1) is 0 Å². The van der Waals surface area contributed by atoms with Crippen molar-refractivity contribution in [2.75, 3.05) is 6.61 Å². The standard InChI is InChI=1S/C35H37NO4/c1-34(2,3)25-19-21(20-26(33(25)39)35(4,5)6)11-10-18-40-28-15-9-12-22-16-17-27(36-30(22)28)29-31(37)23-13-7-8-14-24(23)32(29)38/h7-9,12-17,19-20,29,39H,10-11,18H2,1-6H3. The topological polar surface area (TPSA) is 76.5 Å². The lowest BCUT2D eigenvalue weighted by Crippen LogP contribution is -2.18. The van der Waals surface area contributed by atoms with Crippen LogP contribution in [0.25, 0.3) is 10.9 Å². The summed E-state index contributed by atoms with van der Waals surface area (Å²) in [5.41, 5.74) is 4.75. The molecule has 5 nitrogen and oxygen atoms in total. The molecule has 0 radical (unpaired) electrons. The van der Waals surface area contributed by atoms with Crippen LogP contribution in [0.2, 0.25) is 0 Å². The third-order valence-electron chi connectivity index (χ3n) is 7.64. The second kappa shape index (κ2) is 10.2. The summed E-state index contributed by atoms with van der Waals surface area (Å²) in [4.78, 5) is 30.9. The first-order chi connectivity index (χ1) is 18.9. The Bertz CT molecular complexity index is 1550. The number of fused-ring (bicyclic) bond motifs is 2. The van der Waals surface area contributed by atoms with Gasteiger partial charge in [0.2, 0.25) is 0 Å². The van der Waals surface area contributed by atoms with Gasteiger partial charge in [-0.3, -0.25) is 9.59 Å². The maximum absolute atomic E-state index is 13.1. The van der Waals surface area contributed by atoms with E-state index in [-0.39, 0.29) is 22.4 Å². The largest absolute Gasteiger partial charge is 0.507 e. The number of hydrogen-bond acceptors (Lipinski definition) is 5. The van der Waals surface area contributed by atoms with E-state index in [0.717, 1.165) is 29.4 Å². The van der Waals surface area contributed by atoms with Gasteiger partial charge in [-0.25, -0.2) is 4.98 Å². The molecule has 1 aliphatic carbocycles. The van der Waals surface area contributed by atoms with Gasteiger partial charge in [0.15, 0.2) is 11.6 Å². The van der Waals surface area contributed by atoms with Crippen molar-refractivity contribution in [2.24, 2.45) is 0 Å². The number of aromatic nitrogens is 1. The number of carbonyl (C=O) groups is 2. The zero-order chi connectivity index (χ0) is 28.8. The van der Waals surface area contributed by atoms with Crippen molar-refractivity contribution in [3.05, 3.63) is 100 Å². The lowest BCUT2D eigenvalue weighted by molar-refractivity contribution is 0.0888. The molecule has 3 aromatic carbocycles. The van der Waals surface area contributed by atoms with Crippen molar-refractivity contribution in [1.29, 1.82) is 0 Å². The van der Waals surface area contributed by atoms with Gasteiger partial charge in [-0.2, -0.15) is 0 Å². The molecule has 0 spiro atoms. The highest BCUT2D eigenvalue weighted by Gasteiger charge is 2.40. The van der Waals surface area contributed by atoms with Gasteiger partial charge in [0.1, 0.15) is 22.9 Å². The van der Waals surface area contributed by atoms with Crippen LogP contribution in [-0.2, 0) is 17.3 Å². The number of carbonyl (C=O) groups excluding carboxylic acids is 2. The van der Waals surface area contributed by atoms with Gasteiger partial charge in [0, 0.05) is 16.5 Å². The lowest BCUT2D eigenvalue weighted by atomic mass is 9.78. The summed E-state index contributed by atoms with van der Waals surface area (Å²) in [6.45, 7) is 13.2. The van der Waals surface area contributed by atoms with Gasteiger partial charge in [0.25, 0.3) is 0 Å². The Morgan fingerprint density at radius 1 is 0.800 bits per heavy atom. The van der Waals surface area contributed by atoms with Crippen LogP contribution in [0.3, 0.4) is 0 Å². The fourth-order valence-electron chi connectivity index (χ4n) is 5.46. The number of pyridine rings is 1. The number of nitrogens with zero attached hydrogens (tertiary/aromatic N) is 1. The summed E-state index contributed by atoms with van der Waals surface area (Å²) < 4.78 is 6.21. The van der Waals surface area contributed by atoms with Crippen molar-refractivity contribution in [1.82, 2.24) is 4.98 Å². The van der Waals surface area contributed by atoms with E-state index >= 15 is 0 Å². The predicted molar refractivity (Wildman–Crippen MR) is 159 cm³/mol. The van der Waals surface area contributed by atoms with E-state index in [1.165, 1.54) is 5.56 Å². The summed E-state index contributed by atoms with van der Waals surface area (Å²) in [6, 6.07) is 20.6. The smallest absolute Gasteiger partial charge is 0.180 e. The number of ether oxygens (including phenoxy) is 1. The molecule has 0 bridgehead atoms. The number of Topliss-reactive ketones (excluding diaryl/α,β-unsaturated/α-hetero) is 2. The monoisotopic (exact) mass is 535 g/mol. The number of rotatable bonds is 6. The van der Waals surface area contributed by atoms with Crippen LogP contribution in [0, 0.1) is 0 Å². The highest BCUT2D eigenvalue weighted by atomic mass is 16.5. The lowest BCUT2D eigenvalue weighted by Gasteiger charge is -2.28. The molecule has 0 atom stereocenters. The third-order valence-corrected chi connectivity index (χ3v) is 7.64. The highest BCUT2D eigenvalue weighted by molar-refractivity contribution is 6.29. The summed E-state index contributed by atoms with van der Waals surface area (Å²) in [5, 5.41) is 11.9. The van der Waals surface area contributed by atoms with Crippen LogP contribution in [0.15, 0.2) is 66.7 Å². The summed E-state index contributed by atoms with van der Waals surface area (Å²) in [5.74, 6) is -0.308. The maximum atomic E-state index is 13.1. The van der Waals surface area contributed by atoms with Crippen molar-refractivity contribution in [2.45, 2.75) is 71.1 Å². The molecule has 4 aromatic rings. The zero-order valence-corrected chi connectivity index (χ0v) is 24.2. The van der Waals surface area contributed by atoms with Gasteiger partial charge in [0.05, 0.1) is 12.3 Å². The molecule has 0 aliphatic heterocycles. The minimum Gasteiger partial charge on any atom is -0.507 e. The molecule has 0 unspecified atom stereocenters. The second-order valence-electron chi connectivity index (χ2n) is 12.8. The second-order valence-corrected chi connectivity index (χ2v) is 12.8. The van der Waals surface area contributed by atoms with Crippen LogP contribution in [0.5, 0.6) is 11.5 Å². The van der Waals surface area contributed by atoms with Crippen LogP contribution in [0.1, 0.15) is 97.0 Å². The fraction of sp³-hybridized carbons (Fsp3) is 0.343. The van der Waals surface area contributed by atoms with Gasteiger partial charge < -0.3 is 9.84 Å². The number of hydrogen-bond donors (Lipinski definition) is 1. The minimum atomic E-state index is -0.918. The van der Waals surface area contributed by atoms with Crippen LogP contribution < -0.4 is 4.74 Å². The number of benzene rings is 3. The van der Waals surface area contributed by atoms with E-state index in [1.54, 1.807) is 30.3 Å². The Labute approximate surface area is 236 Å². The maximum Gasteiger partial charge on any atom is 0.180 e. The molecule has 0 fully saturated rings. The summed E-state index contributed by atoms with van der Waals surface area (Å²) >= 11 is 0. The molecule has 1 heterocycles. The minimum absolute atomic E-state index is 0.174. The first-order valence-corrected chi connectivity index (χ1v) is 13.9. The van der Waals surface area contributed by atoms with E-state index < -0.39 is 5.92 Å². The van der Waals surface area contributed by atoms with Gasteiger partial charge in [-0.1, -0.05) is 96.1 Å². The van der Waals surface area contributed by atoms with E-state index in [1.807, 2.05) is 24.3 Å². The number of aromatic hydroxyl groups is 1. The number of phenolic OH excluding ortho intramolecular Hbond substituents is 1. The average Bonchev–Trinajstić information content (AvgIpc) is 3.15. The van der Waals surface area contributed by atoms with Crippen molar-refractivity contribution < 1.29 is 19.4 Å². The van der Waals surface area contributed by atoms with Crippen molar-refractivity contribution in [3.63, 3.8) is 0 Å². The molecule has 5 rings (SSSR count). The Morgan fingerprint density at radius 2 is 1.40 bits per heavy atom. The molecule has 0 amide bonds. The van der Waals surface area contributed by atoms with Crippen LogP contribution in [-0.4, -0.2) is 28.3 Å². The molecule has 0 saturated carbocycles. The zero-order valence-electron chi connectivity index (χ0n) is 24.2. The Balaban J connectivity index is 1.35. The van der Waals surface area contributed by atoms with E-state index in [9.17, 15) is 14.7 Å². The Hall–Kier alpha value is -3.99. The van der Waals surface area contributed by atoms with Gasteiger partial charge >= 0.3 is 0 Å². The SMILES string of the molecule is CC(C)(C)c1cc(CCCOc2cccc3ccc(C4C(=O)c5ccccc5C4=O)nc23)cc(C(C)(C)C)c1O. The normalized spacial score (nSPS) is 14.2. The molecule has 206 valence electrons. The van der Waals surface area contributed by atoms with E-state index in [2.05, 4.69) is 53.7 Å². The molecular formula is C35H37NO4. The number of aryl methyl sites for hydroxylation is 1. The van der Waals surface area contributed by atoms with Crippen LogP contribution in [0.4, 0.5) is 0 Å². The molecule has 5 heteroatoms. The third kappa shape index (κ3) is 5.13. The number of ketones is 2.